The van der Waals surface area contributed by atoms with Crippen LogP contribution in [0.15, 0.2) is 72.9 Å². The van der Waals surface area contributed by atoms with E-state index in [0.29, 0.717) is 25.9 Å². The lowest BCUT2D eigenvalue weighted by atomic mass is 10.1. The van der Waals surface area contributed by atoms with Crippen molar-refractivity contribution in [2.45, 2.75) is 194 Å². The number of carbonyl (C=O) groups is 2. The molecule has 0 heterocycles. The zero-order valence-electron chi connectivity index (χ0n) is 34.1. The number of allylic oxidation sites excluding steroid dienone is 12. The van der Waals surface area contributed by atoms with Crippen molar-refractivity contribution in [3.63, 3.8) is 0 Å². The smallest absolute Gasteiger partial charge is 0.306 e. The first-order valence-corrected chi connectivity index (χ1v) is 21.5. The Balaban J connectivity index is 4.23. The van der Waals surface area contributed by atoms with Crippen molar-refractivity contribution in [1.82, 2.24) is 0 Å². The second kappa shape index (κ2) is 42.8. The molecule has 0 saturated carbocycles. The molecule has 52 heavy (non-hydrogen) atoms. The molecule has 0 aliphatic heterocycles. The fourth-order valence-corrected chi connectivity index (χ4v) is 5.55. The summed E-state index contributed by atoms with van der Waals surface area (Å²) in [6, 6.07) is 0. The van der Waals surface area contributed by atoms with Gasteiger partial charge in [0, 0.05) is 19.4 Å². The lowest BCUT2D eigenvalue weighted by Gasteiger charge is -2.18. The molecule has 1 unspecified atom stereocenters. The van der Waals surface area contributed by atoms with Gasteiger partial charge in [-0.3, -0.25) is 9.59 Å². The van der Waals surface area contributed by atoms with E-state index < -0.39 is 6.10 Å². The van der Waals surface area contributed by atoms with Gasteiger partial charge < -0.3 is 14.2 Å². The van der Waals surface area contributed by atoms with E-state index in [-0.39, 0.29) is 25.2 Å². The summed E-state index contributed by atoms with van der Waals surface area (Å²) in [5.41, 5.74) is 0. The molecule has 0 aromatic carbocycles. The molecule has 5 heteroatoms. The van der Waals surface area contributed by atoms with Crippen LogP contribution in [0.5, 0.6) is 0 Å². The van der Waals surface area contributed by atoms with Crippen LogP contribution in [0.3, 0.4) is 0 Å². The highest BCUT2D eigenvalue weighted by atomic mass is 16.6. The highest BCUT2D eigenvalue weighted by Crippen LogP contribution is 2.12. The molecule has 0 aliphatic carbocycles. The van der Waals surface area contributed by atoms with Crippen LogP contribution in [0.1, 0.15) is 188 Å². The van der Waals surface area contributed by atoms with Gasteiger partial charge in [0.15, 0.2) is 6.10 Å². The van der Waals surface area contributed by atoms with Crippen molar-refractivity contribution < 1.29 is 23.8 Å². The molecule has 0 radical (unpaired) electrons. The number of rotatable bonds is 38. The molecule has 0 aliphatic rings. The van der Waals surface area contributed by atoms with Crippen LogP contribution in [0.4, 0.5) is 0 Å². The summed E-state index contributed by atoms with van der Waals surface area (Å²) >= 11 is 0. The van der Waals surface area contributed by atoms with Crippen LogP contribution in [0.2, 0.25) is 0 Å². The van der Waals surface area contributed by atoms with E-state index in [1.165, 1.54) is 83.5 Å². The van der Waals surface area contributed by atoms with Gasteiger partial charge in [0.1, 0.15) is 6.61 Å². The molecule has 0 rings (SSSR count). The molecule has 0 spiro atoms. The average molecular weight is 725 g/mol. The number of unbranched alkanes of at least 4 members (excludes halogenated alkanes) is 15. The minimum absolute atomic E-state index is 0.0503. The third kappa shape index (κ3) is 40.1. The summed E-state index contributed by atoms with van der Waals surface area (Å²) in [5, 5.41) is 0. The zero-order valence-corrected chi connectivity index (χ0v) is 34.1. The first-order valence-electron chi connectivity index (χ1n) is 21.5. The molecule has 0 fully saturated rings. The SMILES string of the molecule is CC/C=C\C/C=C\C/C=C\C/C=C\CCC(=O)OC(COCCCCCCCC)COC(=O)CCCCCCCCC/C=C\C/C=C\CCCCC. The fourth-order valence-electron chi connectivity index (χ4n) is 5.55. The Morgan fingerprint density at radius 3 is 1.50 bits per heavy atom. The van der Waals surface area contributed by atoms with Gasteiger partial charge in [-0.05, 0) is 77.0 Å². The molecule has 5 nitrogen and oxygen atoms in total. The highest BCUT2D eigenvalue weighted by Gasteiger charge is 2.17. The zero-order chi connectivity index (χ0) is 37.8. The van der Waals surface area contributed by atoms with Gasteiger partial charge in [-0.1, -0.05) is 171 Å². The van der Waals surface area contributed by atoms with Gasteiger partial charge in [-0.25, -0.2) is 0 Å². The Hall–Kier alpha value is -2.66. The molecule has 0 aromatic heterocycles. The Kier molecular flexibility index (Phi) is 40.6. The Labute approximate surface area is 321 Å². The Morgan fingerprint density at radius 2 is 0.904 bits per heavy atom. The van der Waals surface area contributed by atoms with Crippen molar-refractivity contribution in [3.8, 4) is 0 Å². The van der Waals surface area contributed by atoms with Crippen LogP contribution in [0.25, 0.3) is 0 Å². The predicted octanol–water partition coefficient (Wildman–Crippen LogP) is 14.0. The van der Waals surface area contributed by atoms with E-state index >= 15 is 0 Å². The molecule has 0 N–H and O–H groups in total. The van der Waals surface area contributed by atoms with Gasteiger partial charge in [-0.2, -0.15) is 0 Å². The minimum Gasteiger partial charge on any atom is -0.462 e. The lowest BCUT2D eigenvalue weighted by molar-refractivity contribution is -0.162. The summed E-state index contributed by atoms with van der Waals surface area (Å²) in [5.74, 6) is -0.507. The van der Waals surface area contributed by atoms with Crippen LogP contribution in [-0.4, -0.2) is 37.9 Å². The van der Waals surface area contributed by atoms with E-state index in [0.717, 1.165) is 64.2 Å². The molecule has 0 saturated heterocycles. The van der Waals surface area contributed by atoms with E-state index in [1.54, 1.807) is 0 Å². The van der Waals surface area contributed by atoms with E-state index in [4.69, 9.17) is 14.2 Å². The highest BCUT2D eigenvalue weighted by molar-refractivity contribution is 5.70. The molecule has 0 bridgehead atoms. The van der Waals surface area contributed by atoms with Crippen LogP contribution >= 0.6 is 0 Å². The summed E-state index contributed by atoms with van der Waals surface area (Å²) in [6.07, 6.45) is 53.5. The first-order chi connectivity index (χ1) is 25.6. The van der Waals surface area contributed by atoms with Gasteiger partial charge in [-0.15, -0.1) is 0 Å². The van der Waals surface area contributed by atoms with Gasteiger partial charge >= 0.3 is 11.9 Å². The average Bonchev–Trinajstić information content (AvgIpc) is 3.14. The largest absolute Gasteiger partial charge is 0.462 e. The molecule has 0 amide bonds. The number of hydrogen-bond acceptors (Lipinski definition) is 5. The molecular weight excluding hydrogens is 645 g/mol. The number of carbonyl (C=O) groups excluding carboxylic acids is 2. The molecule has 0 aromatic rings. The van der Waals surface area contributed by atoms with Gasteiger partial charge in [0.2, 0.25) is 0 Å². The maximum atomic E-state index is 12.6. The summed E-state index contributed by atoms with van der Waals surface area (Å²) in [6.45, 7) is 7.54. The lowest BCUT2D eigenvalue weighted by Crippen LogP contribution is -2.30. The summed E-state index contributed by atoms with van der Waals surface area (Å²) in [4.78, 5) is 25.1. The number of ether oxygens (including phenoxy) is 3. The van der Waals surface area contributed by atoms with Crippen LogP contribution in [0, 0.1) is 0 Å². The van der Waals surface area contributed by atoms with Crippen LogP contribution < -0.4 is 0 Å². The quantitative estimate of drug-likeness (QED) is 0.0360. The second-order valence-corrected chi connectivity index (χ2v) is 13.9. The van der Waals surface area contributed by atoms with Crippen molar-refractivity contribution in [2.24, 2.45) is 0 Å². The van der Waals surface area contributed by atoms with Gasteiger partial charge in [0.25, 0.3) is 0 Å². The Bertz CT molecular complexity index is 957. The second-order valence-electron chi connectivity index (χ2n) is 13.9. The van der Waals surface area contributed by atoms with Gasteiger partial charge in [0.05, 0.1) is 6.61 Å². The van der Waals surface area contributed by atoms with Crippen molar-refractivity contribution in [1.29, 1.82) is 0 Å². The monoisotopic (exact) mass is 725 g/mol. The maximum Gasteiger partial charge on any atom is 0.306 e. The van der Waals surface area contributed by atoms with Crippen LogP contribution in [-0.2, 0) is 23.8 Å². The summed E-state index contributed by atoms with van der Waals surface area (Å²) in [7, 11) is 0. The first kappa shape index (κ1) is 49.3. The van der Waals surface area contributed by atoms with E-state index in [9.17, 15) is 9.59 Å². The van der Waals surface area contributed by atoms with E-state index in [2.05, 4.69) is 87.6 Å². The van der Waals surface area contributed by atoms with E-state index in [1.807, 2.05) is 6.08 Å². The maximum absolute atomic E-state index is 12.6. The summed E-state index contributed by atoms with van der Waals surface area (Å²) < 4.78 is 17.1. The third-order valence-corrected chi connectivity index (χ3v) is 8.74. The normalized spacial score (nSPS) is 12.9. The molecule has 1 atom stereocenters. The third-order valence-electron chi connectivity index (χ3n) is 8.74. The fraction of sp³-hybridized carbons (Fsp3) is 0.702. The number of esters is 2. The predicted molar refractivity (Wildman–Crippen MR) is 224 cm³/mol. The van der Waals surface area contributed by atoms with Crippen molar-refractivity contribution in [2.75, 3.05) is 19.8 Å². The van der Waals surface area contributed by atoms with Crippen molar-refractivity contribution >= 4 is 11.9 Å². The van der Waals surface area contributed by atoms with Crippen molar-refractivity contribution in [3.05, 3.63) is 72.9 Å². The minimum atomic E-state index is -0.573. The standard InChI is InChI=1S/C47H80O5/c1-4-7-10-13-16-18-20-22-23-24-25-27-28-30-32-34-37-40-46(48)51-44-45(43-50-42-39-36-15-12-9-6-3)52-47(49)41-38-35-33-31-29-26-21-19-17-14-11-8-5-2/h8,11,16-19,22-23,26,29,33,35,45H,4-7,9-10,12-15,20-21,24-25,27-28,30-32,34,36-44H2,1-3H3/b11-8-,18-16-,19-17-,23-22-,29-26-,35-33-. The Morgan fingerprint density at radius 1 is 0.442 bits per heavy atom. The molecule has 298 valence electrons. The topological polar surface area (TPSA) is 61.8 Å². The molecular formula is C47H80O5. The number of hydrogen-bond donors (Lipinski definition) is 0.